The summed E-state index contributed by atoms with van der Waals surface area (Å²) >= 11 is 3.58. The number of hydrogen-bond donors (Lipinski definition) is 1. The van der Waals surface area contributed by atoms with Gasteiger partial charge in [0.1, 0.15) is 0 Å². The molecule has 3 heteroatoms. The Kier molecular flexibility index (Phi) is 6.27. The molecule has 2 aromatic rings. The molecule has 0 unspecified atom stereocenters. The maximum atomic E-state index is 3.58. The minimum absolute atomic E-state index is 0.874. The van der Waals surface area contributed by atoms with Gasteiger partial charge in [0.15, 0.2) is 0 Å². The molecule has 0 saturated heterocycles. The van der Waals surface area contributed by atoms with Crippen molar-refractivity contribution in [2.75, 3.05) is 18.0 Å². The van der Waals surface area contributed by atoms with E-state index in [1.54, 1.807) is 0 Å². The zero-order chi connectivity index (χ0) is 15.1. The van der Waals surface area contributed by atoms with E-state index >= 15 is 0 Å². The molecule has 0 fully saturated rings. The average Bonchev–Trinajstić information content (AvgIpc) is 2.52. The van der Waals surface area contributed by atoms with Crippen molar-refractivity contribution in [3.63, 3.8) is 0 Å². The molecule has 0 atom stereocenters. The molecule has 0 radical (unpaired) electrons. The van der Waals surface area contributed by atoms with Crippen LogP contribution in [0.2, 0.25) is 0 Å². The van der Waals surface area contributed by atoms with E-state index in [0.717, 1.165) is 30.7 Å². The summed E-state index contributed by atoms with van der Waals surface area (Å²) in [6, 6.07) is 17.2. The zero-order valence-electron chi connectivity index (χ0n) is 12.8. The summed E-state index contributed by atoms with van der Waals surface area (Å²) in [5.41, 5.74) is 3.91. The number of benzene rings is 2. The molecule has 2 nitrogen and oxygen atoms in total. The van der Waals surface area contributed by atoms with Gasteiger partial charge in [0.2, 0.25) is 0 Å². The van der Waals surface area contributed by atoms with Gasteiger partial charge in [-0.25, -0.2) is 0 Å². The highest BCUT2D eigenvalue weighted by molar-refractivity contribution is 9.10. The van der Waals surface area contributed by atoms with E-state index in [-0.39, 0.29) is 0 Å². The third-order valence-electron chi connectivity index (χ3n) is 3.67. The second kappa shape index (κ2) is 8.20. The minimum atomic E-state index is 0.874. The summed E-state index contributed by atoms with van der Waals surface area (Å²) in [7, 11) is 0. The summed E-state index contributed by atoms with van der Waals surface area (Å²) in [4.78, 5) is 2.36. The Morgan fingerprint density at radius 2 is 1.57 bits per heavy atom. The van der Waals surface area contributed by atoms with Crippen LogP contribution in [0.4, 0.5) is 5.69 Å². The van der Waals surface area contributed by atoms with Gasteiger partial charge in [0.05, 0.1) is 0 Å². The van der Waals surface area contributed by atoms with Gasteiger partial charge in [0.25, 0.3) is 0 Å². The zero-order valence-corrected chi connectivity index (χ0v) is 14.4. The molecule has 0 aliphatic carbocycles. The maximum Gasteiger partial charge on any atom is 0.0366 e. The van der Waals surface area contributed by atoms with Crippen molar-refractivity contribution in [3.05, 3.63) is 64.1 Å². The van der Waals surface area contributed by atoms with Crippen LogP contribution in [0.3, 0.4) is 0 Å². The average molecular weight is 347 g/mol. The Morgan fingerprint density at radius 3 is 2.19 bits per heavy atom. The van der Waals surface area contributed by atoms with Crippen LogP contribution >= 0.6 is 15.9 Å². The fourth-order valence-electron chi connectivity index (χ4n) is 2.40. The van der Waals surface area contributed by atoms with E-state index in [1.807, 2.05) is 6.07 Å². The maximum absolute atomic E-state index is 3.58. The largest absolute Gasteiger partial charge is 0.372 e. The molecule has 0 amide bonds. The normalized spacial score (nSPS) is 10.6. The molecule has 0 aliphatic rings. The highest BCUT2D eigenvalue weighted by Crippen LogP contribution is 2.17. The molecule has 0 heterocycles. The van der Waals surface area contributed by atoms with Gasteiger partial charge in [-0.2, -0.15) is 0 Å². The Balaban J connectivity index is 1.88. The van der Waals surface area contributed by atoms with E-state index < -0.39 is 0 Å². The van der Waals surface area contributed by atoms with Crippen molar-refractivity contribution in [2.24, 2.45) is 0 Å². The van der Waals surface area contributed by atoms with E-state index in [0.29, 0.717) is 0 Å². The van der Waals surface area contributed by atoms with Crippen LogP contribution in [-0.4, -0.2) is 13.1 Å². The van der Waals surface area contributed by atoms with Gasteiger partial charge < -0.3 is 10.2 Å². The molecule has 0 spiro atoms. The number of nitrogens with one attached hydrogen (secondary N) is 1. The lowest BCUT2D eigenvalue weighted by Crippen LogP contribution is -2.21. The van der Waals surface area contributed by atoms with Crippen LogP contribution in [0.5, 0.6) is 0 Å². The Labute approximate surface area is 136 Å². The highest BCUT2D eigenvalue weighted by Gasteiger charge is 2.02. The number of anilines is 1. The van der Waals surface area contributed by atoms with Crippen LogP contribution in [0.1, 0.15) is 25.0 Å². The first-order valence-electron chi connectivity index (χ1n) is 7.52. The summed E-state index contributed by atoms with van der Waals surface area (Å²) in [5, 5.41) is 3.49. The van der Waals surface area contributed by atoms with E-state index in [4.69, 9.17) is 0 Å². The van der Waals surface area contributed by atoms with Crippen LogP contribution in [0.15, 0.2) is 53.0 Å². The van der Waals surface area contributed by atoms with Crippen molar-refractivity contribution in [2.45, 2.75) is 26.9 Å². The van der Waals surface area contributed by atoms with Crippen LogP contribution in [0.25, 0.3) is 0 Å². The molecule has 21 heavy (non-hydrogen) atoms. The van der Waals surface area contributed by atoms with Crippen molar-refractivity contribution in [1.82, 2.24) is 5.32 Å². The lowest BCUT2D eigenvalue weighted by atomic mass is 10.1. The quantitative estimate of drug-likeness (QED) is 0.788. The van der Waals surface area contributed by atoms with Crippen LogP contribution in [-0.2, 0) is 13.1 Å². The molecular weight excluding hydrogens is 324 g/mol. The third kappa shape index (κ3) is 4.58. The van der Waals surface area contributed by atoms with E-state index in [1.165, 1.54) is 16.8 Å². The minimum Gasteiger partial charge on any atom is -0.372 e. The van der Waals surface area contributed by atoms with E-state index in [9.17, 15) is 0 Å². The lowest BCUT2D eigenvalue weighted by molar-refractivity contribution is 0.691. The number of halogens is 1. The molecule has 2 aromatic carbocycles. The van der Waals surface area contributed by atoms with Crippen molar-refractivity contribution in [1.29, 1.82) is 0 Å². The topological polar surface area (TPSA) is 15.3 Å². The molecular formula is C18H23BrN2. The molecule has 0 saturated carbocycles. The SMILES string of the molecule is CCN(CC)c1ccc(CNCc2ccccc2Br)cc1. The summed E-state index contributed by atoms with van der Waals surface area (Å²) in [6.07, 6.45) is 0. The Bertz CT molecular complexity index is 547. The van der Waals surface area contributed by atoms with E-state index in [2.05, 4.69) is 82.5 Å². The second-order valence-electron chi connectivity index (χ2n) is 5.03. The molecule has 0 aromatic heterocycles. The first kappa shape index (κ1) is 16.1. The van der Waals surface area contributed by atoms with Gasteiger partial charge in [0, 0.05) is 36.3 Å². The van der Waals surface area contributed by atoms with Crippen LogP contribution < -0.4 is 10.2 Å². The monoisotopic (exact) mass is 346 g/mol. The smallest absolute Gasteiger partial charge is 0.0366 e. The van der Waals surface area contributed by atoms with Gasteiger partial charge in [-0.3, -0.25) is 0 Å². The molecule has 0 aliphatic heterocycles. The highest BCUT2D eigenvalue weighted by atomic mass is 79.9. The molecule has 112 valence electrons. The van der Waals surface area contributed by atoms with Crippen LogP contribution in [0, 0.1) is 0 Å². The molecule has 2 rings (SSSR count). The second-order valence-corrected chi connectivity index (χ2v) is 5.89. The van der Waals surface area contributed by atoms with Gasteiger partial charge in [-0.05, 0) is 43.2 Å². The standard InChI is InChI=1S/C18H23BrN2/c1-3-21(4-2)17-11-9-15(10-12-17)13-20-14-16-7-5-6-8-18(16)19/h5-12,20H,3-4,13-14H2,1-2H3. The predicted octanol–water partition coefficient (Wildman–Crippen LogP) is 4.59. The van der Waals surface area contributed by atoms with Gasteiger partial charge in [-0.1, -0.05) is 46.3 Å². The number of rotatable bonds is 7. The fraction of sp³-hybridized carbons (Fsp3) is 0.333. The third-order valence-corrected chi connectivity index (χ3v) is 4.44. The Morgan fingerprint density at radius 1 is 0.905 bits per heavy atom. The first-order valence-corrected chi connectivity index (χ1v) is 8.32. The van der Waals surface area contributed by atoms with Crippen molar-refractivity contribution >= 4 is 21.6 Å². The summed E-state index contributed by atoms with van der Waals surface area (Å²) < 4.78 is 1.16. The lowest BCUT2D eigenvalue weighted by Gasteiger charge is -2.21. The first-order chi connectivity index (χ1) is 10.2. The molecule has 0 bridgehead atoms. The van der Waals surface area contributed by atoms with Gasteiger partial charge >= 0.3 is 0 Å². The predicted molar refractivity (Wildman–Crippen MR) is 94.7 cm³/mol. The van der Waals surface area contributed by atoms with Crippen molar-refractivity contribution < 1.29 is 0 Å². The number of nitrogens with zero attached hydrogens (tertiary/aromatic N) is 1. The molecule has 1 N–H and O–H groups in total. The fourth-order valence-corrected chi connectivity index (χ4v) is 2.82. The number of hydrogen-bond acceptors (Lipinski definition) is 2. The summed E-state index contributed by atoms with van der Waals surface area (Å²) in [6.45, 7) is 8.25. The van der Waals surface area contributed by atoms with Crippen molar-refractivity contribution in [3.8, 4) is 0 Å². The Hall–Kier alpha value is -1.32. The summed E-state index contributed by atoms with van der Waals surface area (Å²) in [5.74, 6) is 0. The van der Waals surface area contributed by atoms with Gasteiger partial charge in [-0.15, -0.1) is 0 Å².